The van der Waals surface area contributed by atoms with Crippen molar-refractivity contribution >= 4 is 40.4 Å². The van der Waals surface area contributed by atoms with Gasteiger partial charge in [-0.3, -0.25) is 24.6 Å². The number of nitrogens with zero attached hydrogens (tertiary/aromatic N) is 2. The molecule has 0 saturated heterocycles. The normalized spacial score (nSPS) is 13.6. The minimum absolute atomic E-state index is 0.102. The molecule has 0 atom stereocenters. The minimum Gasteiger partial charge on any atom is -0.350 e. The monoisotopic (exact) mass is 447 g/mol. The summed E-state index contributed by atoms with van der Waals surface area (Å²) in [7, 11) is 0. The smallest absolute Gasteiger partial charge is 0.278 e. The Morgan fingerprint density at radius 3 is 2.28 bits per heavy atom. The summed E-state index contributed by atoms with van der Waals surface area (Å²) in [6.07, 6.45) is 0. The summed E-state index contributed by atoms with van der Waals surface area (Å²) in [6.45, 7) is 1.95. The lowest BCUT2D eigenvalue weighted by molar-refractivity contribution is -0.384. The van der Waals surface area contributed by atoms with Crippen LogP contribution in [-0.4, -0.2) is 21.6 Å². The number of anilines is 1. The van der Waals surface area contributed by atoms with Crippen molar-refractivity contribution in [3.05, 3.63) is 110 Å². The molecule has 1 N–H and O–H groups in total. The van der Waals surface area contributed by atoms with Crippen LogP contribution >= 0.6 is 11.6 Å². The van der Waals surface area contributed by atoms with Gasteiger partial charge in [-0.1, -0.05) is 41.9 Å². The van der Waals surface area contributed by atoms with Crippen LogP contribution in [0.1, 0.15) is 16.7 Å². The highest BCUT2D eigenvalue weighted by molar-refractivity contribution is 6.36. The lowest BCUT2D eigenvalue weighted by atomic mass is 10.0. The van der Waals surface area contributed by atoms with Crippen LogP contribution in [0.2, 0.25) is 5.02 Å². The topological polar surface area (TPSA) is 92.6 Å². The predicted molar refractivity (Wildman–Crippen MR) is 122 cm³/mol. The molecule has 1 heterocycles. The number of non-ortho nitro benzene ring substituents is 1. The van der Waals surface area contributed by atoms with E-state index in [1.165, 1.54) is 29.2 Å². The van der Waals surface area contributed by atoms with Crippen molar-refractivity contribution in [2.75, 3.05) is 5.32 Å². The van der Waals surface area contributed by atoms with Gasteiger partial charge in [-0.05, 0) is 53.9 Å². The first-order chi connectivity index (χ1) is 15.3. The number of nitro benzene ring substituents is 1. The zero-order chi connectivity index (χ0) is 22.8. The van der Waals surface area contributed by atoms with E-state index in [1.54, 1.807) is 18.2 Å². The number of carbonyl (C=O) groups excluding carboxylic acids is 2. The molecule has 2 amide bonds. The second-order valence-electron chi connectivity index (χ2n) is 7.32. The van der Waals surface area contributed by atoms with Crippen LogP contribution in [-0.2, 0) is 16.1 Å². The molecule has 160 valence electrons. The molecule has 0 bridgehead atoms. The molecule has 7 nitrogen and oxygen atoms in total. The van der Waals surface area contributed by atoms with Gasteiger partial charge in [-0.2, -0.15) is 0 Å². The number of aryl methyl sites for hydroxylation is 1. The Morgan fingerprint density at radius 1 is 0.969 bits per heavy atom. The Morgan fingerprint density at radius 2 is 1.66 bits per heavy atom. The highest BCUT2D eigenvalue weighted by Gasteiger charge is 2.39. The molecular formula is C24H18ClN3O4. The second kappa shape index (κ2) is 8.64. The average Bonchev–Trinajstić information content (AvgIpc) is 3.00. The zero-order valence-corrected chi connectivity index (χ0v) is 17.8. The first-order valence-electron chi connectivity index (χ1n) is 9.77. The molecule has 3 aromatic carbocycles. The van der Waals surface area contributed by atoms with Gasteiger partial charge in [0.05, 0.1) is 17.0 Å². The van der Waals surface area contributed by atoms with E-state index in [0.29, 0.717) is 16.3 Å². The summed E-state index contributed by atoms with van der Waals surface area (Å²) in [4.78, 5) is 38.3. The number of rotatable bonds is 6. The second-order valence-corrected chi connectivity index (χ2v) is 7.76. The average molecular weight is 448 g/mol. The molecule has 0 unspecified atom stereocenters. The number of nitro groups is 1. The molecule has 0 radical (unpaired) electrons. The van der Waals surface area contributed by atoms with E-state index in [-0.39, 0.29) is 23.5 Å². The summed E-state index contributed by atoms with van der Waals surface area (Å²) in [5.41, 5.74) is 2.83. The summed E-state index contributed by atoms with van der Waals surface area (Å²) in [5.74, 6) is -0.941. The Hall–Kier alpha value is -3.97. The van der Waals surface area contributed by atoms with Crippen molar-refractivity contribution in [1.29, 1.82) is 0 Å². The zero-order valence-electron chi connectivity index (χ0n) is 17.0. The molecule has 0 spiro atoms. The molecule has 0 fully saturated rings. The van der Waals surface area contributed by atoms with Crippen LogP contribution < -0.4 is 5.32 Å². The predicted octanol–water partition coefficient (Wildman–Crippen LogP) is 4.95. The van der Waals surface area contributed by atoms with Gasteiger partial charge in [-0.15, -0.1) is 0 Å². The summed E-state index contributed by atoms with van der Waals surface area (Å²) in [5, 5.41) is 14.7. The third kappa shape index (κ3) is 4.10. The maximum atomic E-state index is 13.3. The molecule has 0 saturated carbocycles. The lowest BCUT2D eigenvalue weighted by Gasteiger charge is -2.16. The van der Waals surface area contributed by atoms with E-state index in [9.17, 15) is 19.7 Å². The number of hydrogen-bond acceptors (Lipinski definition) is 5. The highest BCUT2D eigenvalue weighted by atomic mass is 35.5. The van der Waals surface area contributed by atoms with Crippen LogP contribution in [0.25, 0.3) is 5.57 Å². The molecule has 8 heteroatoms. The fourth-order valence-electron chi connectivity index (χ4n) is 3.52. The fraction of sp³-hybridized carbons (Fsp3) is 0.0833. The van der Waals surface area contributed by atoms with Gasteiger partial charge < -0.3 is 5.32 Å². The van der Waals surface area contributed by atoms with Gasteiger partial charge in [0.2, 0.25) is 0 Å². The fourth-order valence-corrected chi connectivity index (χ4v) is 3.75. The van der Waals surface area contributed by atoms with Crippen molar-refractivity contribution < 1.29 is 14.5 Å². The Bertz CT molecular complexity index is 1250. The van der Waals surface area contributed by atoms with E-state index in [1.807, 2.05) is 37.3 Å². The van der Waals surface area contributed by atoms with E-state index in [2.05, 4.69) is 5.32 Å². The van der Waals surface area contributed by atoms with Gasteiger partial charge in [-0.25, -0.2) is 0 Å². The van der Waals surface area contributed by atoms with Gasteiger partial charge >= 0.3 is 0 Å². The maximum absolute atomic E-state index is 13.3. The van der Waals surface area contributed by atoms with Crippen LogP contribution in [0.15, 0.2) is 78.5 Å². The third-order valence-corrected chi connectivity index (χ3v) is 5.40. The largest absolute Gasteiger partial charge is 0.350 e. The summed E-state index contributed by atoms with van der Waals surface area (Å²) < 4.78 is 0. The van der Waals surface area contributed by atoms with Crippen LogP contribution in [0.4, 0.5) is 11.4 Å². The molecule has 1 aliphatic rings. The van der Waals surface area contributed by atoms with Crippen molar-refractivity contribution in [1.82, 2.24) is 4.90 Å². The molecule has 32 heavy (non-hydrogen) atoms. The number of benzene rings is 3. The number of carbonyl (C=O) groups is 2. The van der Waals surface area contributed by atoms with Gasteiger partial charge in [0, 0.05) is 22.8 Å². The lowest BCUT2D eigenvalue weighted by Crippen LogP contribution is -2.32. The maximum Gasteiger partial charge on any atom is 0.278 e. The molecule has 4 rings (SSSR count). The van der Waals surface area contributed by atoms with Crippen LogP contribution in [0.3, 0.4) is 0 Å². The van der Waals surface area contributed by atoms with E-state index < -0.39 is 16.7 Å². The SMILES string of the molecule is Cc1cc(Cl)ccc1NC1=C(c2ccc([N+](=O)[O-])cc2)C(=O)N(Cc2ccccc2)C1=O. The Balaban J connectivity index is 1.77. The summed E-state index contributed by atoms with van der Waals surface area (Å²) in [6, 6.07) is 19.9. The van der Waals surface area contributed by atoms with E-state index in [4.69, 9.17) is 11.6 Å². The highest BCUT2D eigenvalue weighted by Crippen LogP contribution is 2.33. The molecular weight excluding hydrogens is 430 g/mol. The van der Waals surface area contributed by atoms with Crippen LogP contribution in [0.5, 0.6) is 0 Å². The first-order valence-corrected chi connectivity index (χ1v) is 10.2. The molecule has 0 aromatic heterocycles. The molecule has 0 aliphatic carbocycles. The number of hydrogen-bond donors (Lipinski definition) is 1. The van der Waals surface area contributed by atoms with Crippen molar-refractivity contribution in [3.63, 3.8) is 0 Å². The van der Waals surface area contributed by atoms with Gasteiger partial charge in [0.1, 0.15) is 5.70 Å². The minimum atomic E-state index is -0.516. The number of nitrogens with one attached hydrogen (secondary N) is 1. The van der Waals surface area contributed by atoms with Gasteiger partial charge in [0.15, 0.2) is 0 Å². The number of imide groups is 1. The number of halogens is 1. The van der Waals surface area contributed by atoms with Crippen LogP contribution in [0, 0.1) is 17.0 Å². The van der Waals surface area contributed by atoms with E-state index >= 15 is 0 Å². The standard InChI is InChI=1S/C24H18ClN3O4/c1-15-13-18(25)9-12-20(15)26-22-21(17-7-10-19(11-8-17)28(31)32)23(29)27(24(22)30)14-16-5-3-2-4-6-16/h2-13,26H,14H2,1H3. The van der Waals surface area contributed by atoms with E-state index in [0.717, 1.165) is 11.1 Å². The quantitative estimate of drug-likeness (QED) is 0.328. The Kier molecular flexibility index (Phi) is 5.75. The first kappa shape index (κ1) is 21.3. The Labute approximate surface area is 189 Å². The van der Waals surface area contributed by atoms with Crippen molar-refractivity contribution in [2.24, 2.45) is 0 Å². The molecule has 3 aromatic rings. The summed E-state index contributed by atoms with van der Waals surface area (Å²) >= 11 is 6.04. The van der Waals surface area contributed by atoms with Gasteiger partial charge in [0.25, 0.3) is 17.5 Å². The molecule has 1 aliphatic heterocycles. The van der Waals surface area contributed by atoms with Crippen molar-refractivity contribution in [3.8, 4) is 0 Å². The number of amides is 2. The van der Waals surface area contributed by atoms with Crippen molar-refractivity contribution in [2.45, 2.75) is 13.5 Å². The third-order valence-electron chi connectivity index (χ3n) is 5.17.